The first-order valence-electron chi connectivity index (χ1n) is 10.7. The number of anilines is 2. The number of para-hydroxylation sites is 3. The fourth-order valence-electron chi connectivity index (χ4n) is 3.29. The number of carbonyl (C=O) groups is 2. The summed E-state index contributed by atoms with van der Waals surface area (Å²) in [5.41, 5.74) is -0.340. The number of hydrogen-bond acceptors (Lipinski definition) is 6. The number of nitrogens with zero attached hydrogens (tertiary/aromatic N) is 2. The first-order chi connectivity index (χ1) is 16.8. The summed E-state index contributed by atoms with van der Waals surface area (Å²) in [6, 6.07) is 18.9. The van der Waals surface area contributed by atoms with Crippen LogP contribution in [0.3, 0.4) is 0 Å². The van der Waals surface area contributed by atoms with Crippen LogP contribution in [-0.4, -0.2) is 38.2 Å². The minimum Gasteiger partial charge on any atom is -0.352 e. The van der Waals surface area contributed by atoms with Crippen molar-refractivity contribution >= 4 is 38.9 Å². The summed E-state index contributed by atoms with van der Waals surface area (Å²) < 4.78 is 27.6. The maximum atomic E-state index is 13.4. The molecule has 2 N–H and O–H groups in total. The predicted molar refractivity (Wildman–Crippen MR) is 132 cm³/mol. The summed E-state index contributed by atoms with van der Waals surface area (Å²) in [6.07, 6.45) is 0.725. The Bertz CT molecular complexity index is 1330. The molecule has 3 aromatic rings. The molecule has 0 aromatic heterocycles. The zero-order valence-electron chi connectivity index (χ0n) is 18.9. The van der Waals surface area contributed by atoms with Crippen molar-refractivity contribution < 1.29 is 22.9 Å². The topological polar surface area (TPSA) is 139 Å². The molecule has 3 aromatic carbocycles. The van der Waals surface area contributed by atoms with Gasteiger partial charge in [0.15, 0.2) is 0 Å². The van der Waals surface area contributed by atoms with E-state index < -0.39 is 39.0 Å². The van der Waals surface area contributed by atoms with Crippen LogP contribution in [0.1, 0.15) is 23.7 Å². The summed E-state index contributed by atoms with van der Waals surface area (Å²) in [4.78, 5) is 36.3. The Morgan fingerprint density at radius 2 is 1.57 bits per heavy atom. The van der Waals surface area contributed by atoms with Gasteiger partial charge >= 0.3 is 0 Å². The summed E-state index contributed by atoms with van der Waals surface area (Å²) in [6.45, 7) is 1.59. The molecule has 0 bridgehead atoms. The van der Waals surface area contributed by atoms with Crippen molar-refractivity contribution in [1.29, 1.82) is 0 Å². The Morgan fingerprint density at radius 3 is 2.26 bits per heavy atom. The molecule has 10 nitrogen and oxygen atoms in total. The molecule has 0 aliphatic rings. The highest BCUT2D eigenvalue weighted by Crippen LogP contribution is 2.32. The van der Waals surface area contributed by atoms with Gasteiger partial charge in [0.25, 0.3) is 21.6 Å². The van der Waals surface area contributed by atoms with Crippen molar-refractivity contribution in [3.05, 3.63) is 94.5 Å². The van der Waals surface area contributed by atoms with Gasteiger partial charge in [-0.3, -0.25) is 19.7 Å². The Kier molecular flexibility index (Phi) is 8.16. The minimum absolute atomic E-state index is 0.134. The first kappa shape index (κ1) is 25.4. The standard InChI is InChI=1S/C24H24N4O6S/c1-2-16-25-24(30)19-12-6-7-13-20(19)26-23(29)17-27(21-14-8-9-15-22(21)28(31)32)35(33,34)18-10-4-3-5-11-18/h3-15H,2,16-17H2,1H3,(H,25,30)(H,26,29). The third-order valence-corrected chi connectivity index (χ3v) is 6.72. The van der Waals surface area contributed by atoms with Gasteiger partial charge in [0.1, 0.15) is 12.2 Å². The quantitative estimate of drug-likeness (QED) is 0.325. The third kappa shape index (κ3) is 6.01. The second kappa shape index (κ2) is 11.3. The summed E-state index contributed by atoms with van der Waals surface area (Å²) in [5, 5.41) is 16.9. The predicted octanol–water partition coefficient (Wildman–Crippen LogP) is 3.57. The highest BCUT2D eigenvalue weighted by atomic mass is 32.2. The van der Waals surface area contributed by atoms with Gasteiger partial charge < -0.3 is 10.6 Å². The number of nitro benzene ring substituents is 1. The van der Waals surface area contributed by atoms with E-state index >= 15 is 0 Å². The van der Waals surface area contributed by atoms with Crippen molar-refractivity contribution in [3.63, 3.8) is 0 Å². The van der Waals surface area contributed by atoms with Crippen LogP contribution in [0.4, 0.5) is 17.1 Å². The largest absolute Gasteiger partial charge is 0.352 e. The van der Waals surface area contributed by atoms with Crippen molar-refractivity contribution in [2.75, 3.05) is 22.7 Å². The van der Waals surface area contributed by atoms with E-state index in [-0.39, 0.29) is 21.8 Å². The maximum absolute atomic E-state index is 13.4. The number of rotatable bonds is 10. The van der Waals surface area contributed by atoms with E-state index in [0.29, 0.717) is 10.8 Å². The Hall–Kier alpha value is -4.25. The number of carbonyl (C=O) groups excluding carboxylic acids is 2. The summed E-state index contributed by atoms with van der Waals surface area (Å²) >= 11 is 0. The molecule has 0 atom stereocenters. The van der Waals surface area contributed by atoms with Crippen LogP contribution in [0, 0.1) is 10.1 Å². The van der Waals surface area contributed by atoms with E-state index in [4.69, 9.17) is 0 Å². The lowest BCUT2D eigenvalue weighted by molar-refractivity contribution is -0.384. The van der Waals surface area contributed by atoms with Gasteiger partial charge in [0.2, 0.25) is 5.91 Å². The number of sulfonamides is 1. The molecule has 2 amide bonds. The molecule has 0 heterocycles. The van der Waals surface area contributed by atoms with Gasteiger partial charge in [-0.1, -0.05) is 49.4 Å². The van der Waals surface area contributed by atoms with Crippen molar-refractivity contribution in [2.45, 2.75) is 18.2 Å². The van der Waals surface area contributed by atoms with E-state index in [2.05, 4.69) is 10.6 Å². The molecular weight excluding hydrogens is 472 g/mol. The molecule has 35 heavy (non-hydrogen) atoms. The molecule has 0 aliphatic carbocycles. The van der Waals surface area contributed by atoms with Gasteiger partial charge in [-0.15, -0.1) is 0 Å². The molecule has 0 saturated heterocycles. The van der Waals surface area contributed by atoms with Gasteiger partial charge in [-0.2, -0.15) is 0 Å². The highest BCUT2D eigenvalue weighted by Gasteiger charge is 2.32. The van der Waals surface area contributed by atoms with Crippen LogP contribution in [-0.2, 0) is 14.8 Å². The molecular formula is C24H24N4O6S. The van der Waals surface area contributed by atoms with E-state index in [1.807, 2.05) is 6.92 Å². The van der Waals surface area contributed by atoms with Gasteiger partial charge in [-0.25, -0.2) is 12.7 Å². The molecule has 182 valence electrons. The molecule has 11 heteroatoms. The van der Waals surface area contributed by atoms with E-state index in [9.17, 15) is 28.1 Å². The van der Waals surface area contributed by atoms with Crippen LogP contribution in [0.25, 0.3) is 0 Å². The lowest BCUT2D eigenvalue weighted by atomic mass is 10.1. The van der Waals surface area contributed by atoms with E-state index in [1.54, 1.807) is 18.2 Å². The molecule has 3 rings (SSSR count). The molecule has 0 unspecified atom stereocenters. The van der Waals surface area contributed by atoms with E-state index in [0.717, 1.165) is 12.5 Å². The molecule has 0 saturated carbocycles. The fourth-order valence-corrected chi connectivity index (χ4v) is 4.75. The van der Waals surface area contributed by atoms with Crippen LogP contribution in [0.5, 0.6) is 0 Å². The molecule has 0 fully saturated rings. The van der Waals surface area contributed by atoms with Crippen molar-refractivity contribution in [1.82, 2.24) is 5.32 Å². The van der Waals surface area contributed by atoms with Crippen molar-refractivity contribution in [3.8, 4) is 0 Å². The van der Waals surface area contributed by atoms with Crippen LogP contribution >= 0.6 is 0 Å². The number of nitrogens with one attached hydrogen (secondary N) is 2. The van der Waals surface area contributed by atoms with Crippen molar-refractivity contribution in [2.24, 2.45) is 0 Å². The Labute approximate surface area is 202 Å². The zero-order chi connectivity index (χ0) is 25.4. The fraction of sp³-hybridized carbons (Fsp3) is 0.167. The maximum Gasteiger partial charge on any atom is 0.293 e. The number of hydrogen-bond donors (Lipinski definition) is 2. The van der Waals surface area contributed by atoms with E-state index in [1.165, 1.54) is 54.6 Å². The molecule has 0 radical (unpaired) electrons. The van der Waals surface area contributed by atoms with Gasteiger partial charge in [0, 0.05) is 12.6 Å². The second-order valence-electron chi connectivity index (χ2n) is 7.42. The van der Waals surface area contributed by atoms with Crippen LogP contribution in [0.15, 0.2) is 83.8 Å². The Morgan fingerprint density at radius 1 is 0.943 bits per heavy atom. The third-order valence-electron chi connectivity index (χ3n) is 4.95. The van der Waals surface area contributed by atoms with Crippen LogP contribution < -0.4 is 14.9 Å². The lowest BCUT2D eigenvalue weighted by Crippen LogP contribution is -2.38. The number of benzene rings is 3. The van der Waals surface area contributed by atoms with Gasteiger partial charge in [-0.05, 0) is 36.8 Å². The Balaban J connectivity index is 1.98. The zero-order valence-corrected chi connectivity index (χ0v) is 19.7. The first-order valence-corrected chi connectivity index (χ1v) is 12.2. The summed E-state index contributed by atoms with van der Waals surface area (Å²) in [5.74, 6) is -1.17. The normalized spacial score (nSPS) is 10.9. The number of nitro groups is 1. The van der Waals surface area contributed by atoms with Crippen LogP contribution in [0.2, 0.25) is 0 Å². The summed E-state index contributed by atoms with van der Waals surface area (Å²) in [7, 11) is -4.35. The minimum atomic E-state index is -4.35. The smallest absolute Gasteiger partial charge is 0.293 e. The number of amides is 2. The van der Waals surface area contributed by atoms with Gasteiger partial charge in [0.05, 0.1) is 21.1 Å². The average molecular weight is 497 g/mol. The second-order valence-corrected chi connectivity index (χ2v) is 9.28. The highest BCUT2D eigenvalue weighted by molar-refractivity contribution is 7.92. The SMILES string of the molecule is CCCNC(=O)c1ccccc1NC(=O)CN(c1ccccc1[N+](=O)[O-])S(=O)(=O)c1ccccc1. The molecule has 0 spiro atoms. The monoisotopic (exact) mass is 496 g/mol. The average Bonchev–Trinajstić information content (AvgIpc) is 2.86. The molecule has 0 aliphatic heterocycles. The lowest BCUT2D eigenvalue weighted by Gasteiger charge is -2.24.